The van der Waals surface area contributed by atoms with Crippen molar-refractivity contribution < 1.29 is 0 Å². The molecule has 0 aliphatic carbocycles. The molecule has 0 saturated heterocycles. The van der Waals surface area contributed by atoms with Gasteiger partial charge in [-0.2, -0.15) is 0 Å². The fraction of sp³-hybridized carbons (Fsp3) is 0.412. The van der Waals surface area contributed by atoms with Gasteiger partial charge in [-0.15, -0.1) is 11.8 Å². The number of thioether (sulfide) groups is 1. The summed E-state index contributed by atoms with van der Waals surface area (Å²) in [7, 11) is 0. The Bertz CT molecular complexity index is 478. The Morgan fingerprint density at radius 1 is 1.06 bits per heavy atom. The van der Waals surface area contributed by atoms with Crippen molar-refractivity contribution in [3.05, 3.63) is 46.4 Å². The van der Waals surface area contributed by atoms with Gasteiger partial charge in [0, 0.05) is 5.75 Å². The van der Waals surface area contributed by atoms with Crippen LogP contribution in [-0.4, -0.2) is 5.75 Å². The summed E-state index contributed by atoms with van der Waals surface area (Å²) in [4.78, 5) is 0. The van der Waals surface area contributed by atoms with E-state index in [1.54, 1.807) is 0 Å². The normalized spacial score (nSPS) is 20.0. The SMILES string of the molecule is CC(C)/C1=C/CS/C=C\c2cccc(C(C)C)c21. The average Bonchev–Trinajstić information content (AvgIpc) is 2.28. The lowest BCUT2D eigenvalue weighted by Gasteiger charge is -2.22. The van der Waals surface area contributed by atoms with Crippen molar-refractivity contribution in [3.63, 3.8) is 0 Å². The summed E-state index contributed by atoms with van der Waals surface area (Å²) in [6.07, 6.45) is 4.67. The Morgan fingerprint density at radius 2 is 1.83 bits per heavy atom. The summed E-state index contributed by atoms with van der Waals surface area (Å²) in [5, 5.41) is 2.22. The monoisotopic (exact) mass is 258 g/mol. The van der Waals surface area contributed by atoms with E-state index in [1.165, 1.54) is 22.3 Å². The third-order valence-corrected chi connectivity index (χ3v) is 4.09. The molecule has 1 aliphatic rings. The first-order valence-electron chi connectivity index (χ1n) is 6.72. The third kappa shape index (κ3) is 2.72. The lowest BCUT2D eigenvalue weighted by Crippen LogP contribution is -2.04. The van der Waals surface area contributed by atoms with Gasteiger partial charge in [0.25, 0.3) is 0 Å². The van der Waals surface area contributed by atoms with Gasteiger partial charge in [0.05, 0.1) is 0 Å². The third-order valence-electron chi connectivity index (χ3n) is 3.40. The van der Waals surface area contributed by atoms with Crippen molar-refractivity contribution in [1.29, 1.82) is 0 Å². The molecule has 96 valence electrons. The van der Waals surface area contributed by atoms with Crippen LogP contribution in [0.2, 0.25) is 0 Å². The fourth-order valence-corrected chi connectivity index (χ4v) is 3.11. The van der Waals surface area contributed by atoms with Gasteiger partial charge >= 0.3 is 0 Å². The van der Waals surface area contributed by atoms with Crippen molar-refractivity contribution in [3.8, 4) is 0 Å². The summed E-state index contributed by atoms with van der Waals surface area (Å²) in [5.74, 6) is 2.23. The van der Waals surface area contributed by atoms with Gasteiger partial charge in [-0.3, -0.25) is 0 Å². The number of benzene rings is 1. The van der Waals surface area contributed by atoms with Crippen LogP contribution in [0.1, 0.15) is 50.3 Å². The zero-order valence-electron chi connectivity index (χ0n) is 11.7. The Balaban J connectivity index is 2.67. The maximum Gasteiger partial charge on any atom is 0.0160 e. The van der Waals surface area contributed by atoms with Crippen LogP contribution in [0.3, 0.4) is 0 Å². The highest BCUT2D eigenvalue weighted by molar-refractivity contribution is 8.02. The molecule has 2 rings (SSSR count). The molecular weight excluding hydrogens is 236 g/mol. The first kappa shape index (κ1) is 13.5. The molecule has 0 aromatic heterocycles. The molecule has 1 aromatic carbocycles. The van der Waals surface area contributed by atoms with Crippen LogP contribution in [0.5, 0.6) is 0 Å². The average molecular weight is 258 g/mol. The van der Waals surface area contributed by atoms with Crippen molar-refractivity contribution >= 4 is 23.4 Å². The molecule has 1 aromatic rings. The summed E-state index contributed by atoms with van der Waals surface area (Å²) < 4.78 is 0. The molecule has 0 amide bonds. The van der Waals surface area contributed by atoms with E-state index < -0.39 is 0 Å². The van der Waals surface area contributed by atoms with Crippen LogP contribution in [0.15, 0.2) is 29.7 Å². The number of fused-ring (bicyclic) bond motifs is 1. The minimum Gasteiger partial charge on any atom is -0.130 e. The smallest absolute Gasteiger partial charge is 0.0160 e. The van der Waals surface area contributed by atoms with E-state index >= 15 is 0 Å². The molecule has 0 bridgehead atoms. The van der Waals surface area contributed by atoms with E-state index in [9.17, 15) is 0 Å². The second-order valence-corrected chi connectivity index (χ2v) is 6.36. The minimum atomic E-state index is 0.572. The molecule has 0 spiro atoms. The molecule has 0 N–H and O–H groups in total. The van der Waals surface area contributed by atoms with Crippen LogP contribution in [0.25, 0.3) is 11.6 Å². The van der Waals surface area contributed by atoms with Crippen LogP contribution < -0.4 is 0 Å². The highest BCUT2D eigenvalue weighted by Gasteiger charge is 2.16. The maximum atomic E-state index is 2.41. The van der Waals surface area contributed by atoms with Gasteiger partial charge in [0.15, 0.2) is 0 Å². The summed E-state index contributed by atoms with van der Waals surface area (Å²) in [5.41, 5.74) is 5.82. The lowest BCUT2D eigenvalue weighted by atomic mass is 9.84. The maximum absolute atomic E-state index is 2.41. The topological polar surface area (TPSA) is 0 Å². The molecule has 1 heteroatoms. The Kier molecular flexibility index (Phi) is 4.34. The number of hydrogen-bond donors (Lipinski definition) is 0. The number of hydrogen-bond acceptors (Lipinski definition) is 1. The van der Waals surface area contributed by atoms with Crippen LogP contribution in [0.4, 0.5) is 0 Å². The van der Waals surface area contributed by atoms with E-state index in [0.717, 1.165) is 5.75 Å². The molecule has 0 unspecified atom stereocenters. The van der Waals surface area contributed by atoms with Crippen LogP contribution in [0, 0.1) is 5.92 Å². The molecule has 18 heavy (non-hydrogen) atoms. The molecular formula is C17H22S. The largest absolute Gasteiger partial charge is 0.130 e. The molecule has 0 radical (unpaired) electrons. The van der Waals surface area contributed by atoms with Crippen molar-refractivity contribution in [2.75, 3.05) is 5.75 Å². The van der Waals surface area contributed by atoms with Crippen LogP contribution in [-0.2, 0) is 0 Å². The van der Waals surface area contributed by atoms with Gasteiger partial charge in [-0.05, 0) is 45.6 Å². The molecule has 1 aliphatic heterocycles. The molecule has 0 atom stereocenters. The number of allylic oxidation sites excluding steroid dienone is 1. The van der Waals surface area contributed by atoms with E-state index in [2.05, 4.69) is 63.5 Å². The minimum absolute atomic E-state index is 0.572. The highest BCUT2D eigenvalue weighted by Crippen LogP contribution is 2.35. The quantitative estimate of drug-likeness (QED) is 0.668. The molecule has 0 saturated carbocycles. The zero-order valence-corrected chi connectivity index (χ0v) is 12.6. The predicted octanol–water partition coefficient (Wildman–Crippen LogP) is 5.57. The van der Waals surface area contributed by atoms with E-state index in [1.807, 2.05) is 11.8 Å². The van der Waals surface area contributed by atoms with E-state index in [4.69, 9.17) is 0 Å². The van der Waals surface area contributed by atoms with E-state index in [-0.39, 0.29) is 0 Å². The Hall–Kier alpha value is -0.950. The Morgan fingerprint density at radius 3 is 2.50 bits per heavy atom. The number of rotatable bonds is 2. The van der Waals surface area contributed by atoms with Gasteiger partial charge in [-0.25, -0.2) is 0 Å². The van der Waals surface area contributed by atoms with Crippen molar-refractivity contribution in [1.82, 2.24) is 0 Å². The Labute approximate surface area is 115 Å². The molecule has 1 heterocycles. The van der Waals surface area contributed by atoms with Crippen molar-refractivity contribution in [2.45, 2.75) is 33.6 Å². The second kappa shape index (κ2) is 5.79. The predicted molar refractivity (Wildman–Crippen MR) is 84.8 cm³/mol. The second-order valence-electron chi connectivity index (χ2n) is 5.42. The van der Waals surface area contributed by atoms with Gasteiger partial charge in [0.2, 0.25) is 0 Å². The summed E-state index contributed by atoms with van der Waals surface area (Å²) >= 11 is 1.87. The molecule has 0 fully saturated rings. The highest BCUT2D eigenvalue weighted by atomic mass is 32.2. The van der Waals surface area contributed by atoms with Gasteiger partial charge in [0.1, 0.15) is 0 Å². The zero-order chi connectivity index (χ0) is 13.1. The fourth-order valence-electron chi connectivity index (χ4n) is 2.48. The van der Waals surface area contributed by atoms with Gasteiger partial charge in [-0.1, -0.05) is 52.0 Å². The van der Waals surface area contributed by atoms with Gasteiger partial charge < -0.3 is 0 Å². The van der Waals surface area contributed by atoms with E-state index in [0.29, 0.717) is 11.8 Å². The lowest BCUT2D eigenvalue weighted by molar-refractivity contribution is 0.828. The standard InChI is InChI=1S/C17H22S/c1-12(2)15-7-5-6-14-8-10-18-11-9-16(13(3)4)17(14)15/h5-10,12-13H,11H2,1-4H3/b10-8-,16-9-. The first-order valence-corrected chi connectivity index (χ1v) is 7.77. The van der Waals surface area contributed by atoms with Crippen LogP contribution >= 0.6 is 11.8 Å². The summed E-state index contributed by atoms with van der Waals surface area (Å²) in [6, 6.07) is 6.70. The van der Waals surface area contributed by atoms with Crippen molar-refractivity contribution in [2.24, 2.45) is 5.92 Å². The first-order chi connectivity index (χ1) is 8.61. The molecule has 0 nitrogen and oxygen atoms in total. The summed E-state index contributed by atoms with van der Waals surface area (Å²) in [6.45, 7) is 9.15.